The Morgan fingerprint density at radius 2 is 1.80 bits per heavy atom. The Balaban J connectivity index is 2.27. The van der Waals surface area contributed by atoms with Crippen LogP contribution in [0.5, 0.6) is 0 Å². The first kappa shape index (κ1) is 17.0. The normalized spacial score (nSPS) is 17.1. The molecule has 20 heavy (non-hydrogen) atoms. The van der Waals surface area contributed by atoms with Gasteiger partial charge in [-0.25, -0.2) is 0 Å². The summed E-state index contributed by atoms with van der Waals surface area (Å²) >= 11 is 0. The summed E-state index contributed by atoms with van der Waals surface area (Å²) in [5.74, 6) is 0.681. The van der Waals surface area contributed by atoms with E-state index in [0.29, 0.717) is 0 Å². The van der Waals surface area contributed by atoms with Gasteiger partial charge < -0.3 is 15.5 Å². The minimum absolute atomic E-state index is 0.0367. The van der Waals surface area contributed by atoms with Crippen molar-refractivity contribution < 1.29 is 9.59 Å². The molecule has 0 saturated carbocycles. The zero-order valence-electron chi connectivity index (χ0n) is 13.3. The SMILES string of the molecule is CNCCC1CCN(C(=O)CNC(=O)C(C)(C)C)CC1. The van der Waals surface area contributed by atoms with E-state index in [1.165, 1.54) is 6.42 Å². The Hall–Kier alpha value is -1.10. The van der Waals surface area contributed by atoms with Crippen LogP contribution in [0.2, 0.25) is 0 Å². The third-order valence-corrected chi connectivity index (χ3v) is 3.85. The second-order valence-electron chi connectivity index (χ2n) is 6.65. The van der Waals surface area contributed by atoms with Crippen molar-refractivity contribution in [1.82, 2.24) is 15.5 Å². The number of rotatable bonds is 5. The van der Waals surface area contributed by atoms with Crippen LogP contribution in [-0.2, 0) is 9.59 Å². The van der Waals surface area contributed by atoms with Crippen LogP contribution < -0.4 is 10.6 Å². The molecule has 0 spiro atoms. The maximum absolute atomic E-state index is 12.0. The topological polar surface area (TPSA) is 61.4 Å². The van der Waals surface area contributed by atoms with Crippen LogP contribution in [0.4, 0.5) is 0 Å². The molecule has 0 aromatic carbocycles. The van der Waals surface area contributed by atoms with Crippen LogP contribution in [-0.4, -0.2) is 49.9 Å². The molecule has 0 aromatic heterocycles. The molecule has 1 fully saturated rings. The van der Waals surface area contributed by atoms with Gasteiger partial charge in [-0.15, -0.1) is 0 Å². The van der Waals surface area contributed by atoms with Gasteiger partial charge in [-0.05, 0) is 38.8 Å². The van der Waals surface area contributed by atoms with Gasteiger partial charge in [0.15, 0.2) is 0 Å². The number of nitrogens with zero attached hydrogens (tertiary/aromatic N) is 1. The molecule has 1 saturated heterocycles. The molecule has 2 amide bonds. The lowest BCUT2D eigenvalue weighted by Gasteiger charge is -2.32. The van der Waals surface area contributed by atoms with E-state index < -0.39 is 5.41 Å². The van der Waals surface area contributed by atoms with Crippen molar-refractivity contribution in [3.05, 3.63) is 0 Å². The van der Waals surface area contributed by atoms with Gasteiger partial charge in [0.25, 0.3) is 0 Å². The Kier molecular flexibility index (Phi) is 6.46. The summed E-state index contributed by atoms with van der Waals surface area (Å²) in [6, 6.07) is 0. The molecule has 1 rings (SSSR count). The molecule has 5 heteroatoms. The van der Waals surface area contributed by atoms with Gasteiger partial charge in [0, 0.05) is 18.5 Å². The number of hydrogen-bond acceptors (Lipinski definition) is 3. The Labute approximate surface area is 122 Å². The van der Waals surface area contributed by atoms with Crippen LogP contribution in [0.15, 0.2) is 0 Å². The van der Waals surface area contributed by atoms with E-state index in [1.807, 2.05) is 32.7 Å². The smallest absolute Gasteiger partial charge is 0.241 e. The molecule has 0 atom stereocenters. The molecule has 1 aliphatic rings. The number of hydrogen-bond donors (Lipinski definition) is 2. The highest BCUT2D eigenvalue weighted by atomic mass is 16.2. The predicted molar refractivity (Wildman–Crippen MR) is 80.3 cm³/mol. The molecule has 0 aromatic rings. The average Bonchev–Trinajstić information content (AvgIpc) is 2.41. The predicted octanol–water partition coefficient (Wildman–Crippen LogP) is 0.997. The molecule has 0 unspecified atom stereocenters. The molecule has 1 heterocycles. The van der Waals surface area contributed by atoms with Crippen molar-refractivity contribution in [2.24, 2.45) is 11.3 Å². The van der Waals surface area contributed by atoms with Gasteiger partial charge in [0.2, 0.25) is 11.8 Å². The number of nitrogens with one attached hydrogen (secondary N) is 2. The highest BCUT2D eigenvalue weighted by molar-refractivity contribution is 5.87. The molecular formula is C15H29N3O2. The maximum atomic E-state index is 12.0. The van der Waals surface area contributed by atoms with Crippen LogP contribution >= 0.6 is 0 Å². The van der Waals surface area contributed by atoms with Crippen LogP contribution in [0.25, 0.3) is 0 Å². The van der Waals surface area contributed by atoms with Crippen molar-refractivity contribution in [2.75, 3.05) is 33.2 Å². The van der Waals surface area contributed by atoms with Crippen LogP contribution in [0, 0.1) is 11.3 Å². The average molecular weight is 283 g/mol. The van der Waals surface area contributed by atoms with E-state index in [4.69, 9.17) is 0 Å². The van der Waals surface area contributed by atoms with E-state index in [1.54, 1.807) is 0 Å². The quantitative estimate of drug-likeness (QED) is 0.791. The van der Waals surface area contributed by atoms with Crippen molar-refractivity contribution in [1.29, 1.82) is 0 Å². The van der Waals surface area contributed by atoms with Gasteiger partial charge in [0.1, 0.15) is 0 Å². The zero-order valence-corrected chi connectivity index (χ0v) is 13.3. The molecule has 0 aliphatic carbocycles. The lowest BCUT2D eigenvalue weighted by Crippen LogP contribution is -2.46. The number of likely N-dealkylation sites (tertiary alicyclic amines) is 1. The number of amides is 2. The molecule has 116 valence electrons. The third-order valence-electron chi connectivity index (χ3n) is 3.85. The fourth-order valence-electron chi connectivity index (χ4n) is 2.35. The lowest BCUT2D eigenvalue weighted by atomic mass is 9.93. The first-order chi connectivity index (χ1) is 9.34. The van der Waals surface area contributed by atoms with E-state index in [-0.39, 0.29) is 18.4 Å². The first-order valence-corrected chi connectivity index (χ1v) is 7.55. The summed E-state index contributed by atoms with van der Waals surface area (Å²) in [4.78, 5) is 25.7. The lowest BCUT2D eigenvalue weighted by molar-refractivity contribution is -0.136. The van der Waals surface area contributed by atoms with Gasteiger partial charge in [-0.2, -0.15) is 0 Å². The Bertz CT molecular complexity index is 329. The third kappa shape index (κ3) is 5.49. The standard InChI is InChI=1S/C15H29N3O2/c1-15(2,3)14(20)17-11-13(19)18-9-6-12(7-10-18)5-8-16-4/h12,16H,5-11H2,1-4H3,(H,17,20). The fraction of sp³-hybridized carbons (Fsp3) is 0.867. The van der Waals surface area contributed by atoms with Gasteiger partial charge in [-0.3, -0.25) is 9.59 Å². The van der Waals surface area contributed by atoms with E-state index in [2.05, 4.69) is 10.6 Å². The van der Waals surface area contributed by atoms with Crippen molar-refractivity contribution >= 4 is 11.8 Å². The molecular weight excluding hydrogens is 254 g/mol. The Morgan fingerprint density at radius 1 is 1.20 bits per heavy atom. The largest absolute Gasteiger partial charge is 0.347 e. The second kappa shape index (κ2) is 7.62. The summed E-state index contributed by atoms with van der Waals surface area (Å²) in [5.41, 5.74) is -0.444. The van der Waals surface area contributed by atoms with Crippen LogP contribution in [0.1, 0.15) is 40.0 Å². The molecule has 1 aliphatic heterocycles. The van der Waals surface area contributed by atoms with Gasteiger partial charge in [-0.1, -0.05) is 20.8 Å². The second-order valence-corrected chi connectivity index (χ2v) is 6.65. The first-order valence-electron chi connectivity index (χ1n) is 7.55. The van der Waals surface area contributed by atoms with Crippen molar-refractivity contribution in [3.63, 3.8) is 0 Å². The number of piperidine rings is 1. The zero-order chi connectivity index (χ0) is 15.2. The van der Waals surface area contributed by atoms with Crippen molar-refractivity contribution in [3.8, 4) is 0 Å². The van der Waals surface area contributed by atoms with E-state index in [9.17, 15) is 9.59 Å². The summed E-state index contributed by atoms with van der Waals surface area (Å²) in [7, 11) is 1.97. The molecule has 0 bridgehead atoms. The summed E-state index contributed by atoms with van der Waals surface area (Å²) in [6.45, 7) is 8.34. The summed E-state index contributed by atoms with van der Waals surface area (Å²) < 4.78 is 0. The van der Waals surface area contributed by atoms with E-state index >= 15 is 0 Å². The minimum Gasteiger partial charge on any atom is -0.347 e. The highest BCUT2D eigenvalue weighted by Crippen LogP contribution is 2.20. The summed E-state index contributed by atoms with van der Waals surface area (Å²) in [5, 5.41) is 5.89. The van der Waals surface area contributed by atoms with Crippen LogP contribution in [0.3, 0.4) is 0 Å². The number of carbonyl (C=O) groups excluding carboxylic acids is 2. The molecule has 2 N–H and O–H groups in total. The summed E-state index contributed by atoms with van der Waals surface area (Å²) in [6.07, 6.45) is 3.32. The fourth-order valence-corrected chi connectivity index (χ4v) is 2.35. The number of carbonyl (C=O) groups is 2. The van der Waals surface area contributed by atoms with E-state index in [0.717, 1.165) is 38.4 Å². The molecule has 5 nitrogen and oxygen atoms in total. The maximum Gasteiger partial charge on any atom is 0.241 e. The van der Waals surface area contributed by atoms with Gasteiger partial charge >= 0.3 is 0 Å². The Morgan fingerprint density at radius 3 is 2.30 bits per heavy atom. The highest BCUT2D eigenvalue weighted by Gasteiger charge is 2.25. The monoisotopic (exact) mass is 283 g/mol. The molecule has 0 radical (unpaired) electrons. The van der Waals surface area contributed by atoms with Crippen molar-refractivity contribution in [2.45, 2.75) is 40.0 Å². The minimum atomic E-state index is -0.444. The van der Waals surface area contributed by atoms with Gasteiger partial charge in [0.05, 0.1) is 6.54 Å².